The van der Waals surface area contributed by atoms with Gasteiger partial charge in [0, 0.05) is 6.42 Å². The van der Waals surface area contributed by atoms with Gasteiger partial charge in [0.05, 0.1) is 39.9 Å². The molecule has 0 aliphatic heterocycles. The molecular formula is C67H124N2O6P+. The van der Waals surface area contributed by atoms with E-state index in [1.807, 2.05) is 27.2 Å². The second kappa shape index (κ2) is 57.4. The van der Waals surface area contributed by atoms with Gasteiger partial charge in [-0.05, 0) is 70.6 Å². The van der Waals surface area contributed by atoms with E-state index in [9.17, 15) is 19.4 Å². The first kappa shape index (κ1) is 73.7. The summed E-state index contributed by atoms with van der Waals surface area (Å²) in [7, 11) is 1.56. The number of carbonyl (C=O) groups excluding carboxylic acids is 1. The Kier molecular flexibility index (Phi) is 55.6. The Morgan fingerprint density at radius 1 is 0.461 bits per heavy atom. The van der Waals surface area contributed by atoms with E-state index in [1.54, 1.807) is 6.08 Å². The summed E-state index contributed by atoms with van der Waals surface area (Å²) < 4.78 is 23.8. The van der Waals surface area contributed by atoms with Gasteiger partial charge in [-0.25, -0.2) is 4.57 Å². The first-order valence-corrected chi connectivity index (χ1v) is 33.5. The van der Waals surface area contributed by atoms with Gasteiger partial charge in [-0.1, -0.05) is 292 Å². The van der Waals surface area contributed by atoms with Crippen LogP contribution in [0.3, 0.4) is 0 Å². The van der Waals surface area contributed by atoms with Gasteiger partial charge in [0.1, 0.15) is 13.2 Å². The lowest BCUT2D eigenvalue weighted by atomic mass is 10.0. The highest BCUT2D eigenvalue weighted by molar-refractivity contribution is 7.47. The van der Waals surface area contributed by atoms with Gasteiger partial charge in [-0.2, -0.15) is 0 Å². The fraction of sp³-hybridized carbons (Fsp3) is 0.776. The molecule has 0 bridgehead atoms. The number of phosphoric ester groups is 1. The fourth-order valence-electron chi connectivity index (χ4n) is 9.17. The maximum atomic E-state index is 13.0. The molecule has 0 radical (unpaired) electrons. The number of nitrogens with one attached hydrogen (secondary N) is 1. The number of aliphatic hydroxyl groups excluding tert-OH is 1. The van der Waals surface area contributed by atoms with Crippen molar-refractivity contribution in [2.24, 2.45) is 0 Å². The molecule has 1 amide bonds. The van der Waals surface area contributed by atoms with Crippen LogP contribution in [0.1, 0.15) is 284 Å². The highest BCUT2D eigenvalue weighted by atomic mass is 31.2. The Morgan fingerprint density at radius 3 is 1.16 bits per heavy atom. The van der Waals surface area contributed by atoms with E-state index in [1.165, 1.54) is 180 Å². The summed E-state index contributed by atoms with van der Waals surface area (Å²) in [4.78, 5) is 23.4. The predicted molar refractivity (Wildman–Crippen MR) is 332 cm³/mol. The zero-order valence-electron chi connectivity index (χ0n) is 50.5. The fourth-order valence-corrected chi connectivity index (χ4v) is 9.90. The van der Waals surface area contributed by atoms with Gasteiger partial charge in [0.25, 0.3) is 0 Å². The molecule has 0 heterocycles. The van der Waals surface area contributed by atoms with Crippen molar-refractivity contribution in [3.8, 4) is 0 Å². The van der Waals surface area contributed by atoms with Crippen molar-refractivity contribution in [3.63, 3.8) is 0 Å². The van der Waals surface area contributed by atoms with Crippen LogP contribution in [-0.2, 0) is 18.4 Å². The number of allylic oxidation sites excluding steroid dienone is 13. The van der Waals surface area contributed by atoms with Crippen molar-refractivity contribution in [1.29, 1.82) is 0 Å². The first-order chi connectivity index (χ1) is 37.0. The minimum absolute atomic E-state index is 0.0562. The van der Waals surface area contributed by atoms with Crippen LogP contribution in [0.4, 0.5) is 0 Å². The maximum Gasteiger partial charge on any atom is 0.472 e. The van der Waals surface area contributed by atoms with E-state index in [-0.39, 0.29) is 19.1 Å². The molecule has 3 N–H and O–H groups in total. The summed E-state index contributed by atoms with van der Waals surface area (Å²) >= 11 is 0. The van der Waals surface area contributed by atoms with E-state index in [4.69, 9.17) is 9.05 Å². The number of quaternary nitrogens is 1. The number of phosphoric acid groups is 1. The second-order valence-corrected chi connectivity index (χ2v) is 24.2. The SMILES string of the molecule is CC/C=C\C/C=C\C/C=C\C/C=C\C/C=C\C/C=C\CCCCCCCCCCC(=O)NC(COP(=O)(O)OCC[N+](C)(C)C)C(O)/C=C/CCCCCCCCCCCCCCCCCCCCCCCCCCC. The number of nitrogens with zero attached hydrogens (tertiary/aromatic N) is 1. The molecule has 0 aromatic heterocycles. The molecule has 8 nitrogen and oxygen atoms in total. The minimum atomic E-state index is -4.36. The number of hydrogen-bond donors (Lipinski definition) is 3. The molecule has 9 heteroatoms. The second-order valence-electron chi connectivity index (χ2n) is 22.8. The van der Waals surface area contributed by atoms with Gasteiger partial charge in [-0.15, -0.1) is 0 Å². The quantitative estimate of drug-likeness (QED) is 0.0243. The molecule has 0 aliphatic rings. The summed E-state index contributed by atoms with van der Waals surface area (Å²) in [6.07, 6.45) is 81.3. The number of aliphatic hydroxyl groups is 1. The van der Waals surface area contributed by atoms with Crippen molar-refractivity contribution in [2.45, 2.75) is 296 Å². The highest BCUT2D eigenvalue weighted by Gasteiger charge is 2.27. The van der Waals surface area contributed by atoms with Crippen molar-refractivity contribution in [1.82, 2.24) is 5.32 Å². The lowest BCUT2D eigenvalue weighted by Crippen LogP contribution is -2.45. The molecule has 3 atom stereocenters. The molecule has 0 aromatic rings. The van der Waals surface area contributed by atoms with Gasteiger partial charge >= 0.3 is 7.82 Å². The lowest BCUT2D eigenvalue weighted by molar-refractivity contribution is -0.870. The monoisotopic (exact) mass is 1080 g/mol. The molecule has 0 spiro atoms. The van der Waals surface area contributed by atoms with Crippen molar-refractivity contribution < 1.29 is 32.9 Å². The van der Waals surface area contributed by atoms with E-state index < -0.39 is 20.0 Å². The normalized spacial score (nSPS) is 14.4. The smallest absolute Gasteiger partial charge is 0.387 e. The Labute approximate surface area is 471 Å². The highest BCUT2D eigenvalue weighted by Crippen LogP contribution is 2.43. The van der Waals surface area contributed by atoms with E-state index in [0.29, 0.717) is 17.4 Å². The van der Waals surface area contributed by atoms with Gasteiger partial charge in [0.2, 0.25) is 5.91 Å². The number of carbonyl (C=O) groups is 1. The van der Waals surface area contributed by atoms with Crippen LogP contribution < -0.4 is 5.32 Å². The van der Waals surface area contributed by atoms with Crippen molar-refractivity contribution >= 4 is 13.7 Å². The lowest BCUT2D eigenvalue weighted by Gasteiger charge is -2.25. The maximum absolute atomic E-state index is 13.0. The van der Waals surface area contributed by atoms with Crippen LogP contribution in [-0.4, -0.2) is 73.4 Å². The number of rotatable bonds is 58. The molecule has 3 unspecified atom stereocenters. The van der Waals surface area contributed by atoms with E-state index in [2.05, 4.69) is 92.1 Å². The molecule has 0 aliphatic carbocycles. The van der Waals surface area contributed by atoms with E-state index >= 15 is 0 Å². The van der Waals surface area contributed by atoms with Gasteiger partial charge < -0.3 is 19.8 Å². The third-order valence-corrected chi connectivity index (χ3v) is 15.1. The first-order valence-electron chi connectivity index (χ1n) is 32.0. The summed E-state index contributed by atoms with van der Waals surface area (Å²) in [5, 5.41) is 14.0. The number of amides is 1. The standard InChI is InChI=1S/C67H123N2O6P/c1-6-8-10-12-14-16-18-20-22-24-26-28-30-32-34-36-38-40-42-44-46-48-50-52-54-56-58-60-66(70)65(64-75-76(72,73)74-63-62-69(3,4)5)68-67(71)61-59-57-55-53-51-49-47-45-43-41-39-37-35-33-31-29-27-25-23-21-19-17-15-13-11-9-7-2/h9,11,15,17,21,23,27,29,33,35,39,41,58,60,65-66,70H,6-8,10,12-14,16,18-20,22,24-26,28,30-32,34,36-38,40,42-57,59,61-64H2,1-5H3,(H-,68,71,72,73)/p+1/b11-9-,17-15-,23-21-,29-27-,35-33-,41-39-,60-58+. The molecule has 442 valence electrons. The van der Waals surface area contributed by atoms with Crippen molar-refractivity contribution in [3.05, 3.63) is 85.1 Å². The Bertz CT molecular complexity index is 1510. The van der Waals surface area contributed by atoms with Crippen LogP contribution in [0.25, 0.3) is 0 Å². The van der Waals surface area contributed by atoms with Crippen LogP contribution in [0.5, 0.6) is 0 Å². The van der Waals surface area contributed by atoms with Crippen LogP contribution >= 0.6 is 7.82 Å². The largest absolute Gasteiger partial charge is 0.472 e. The molecular weight excluding hydrogens is 960 g/mol. The summed E-state index contributed by atoms with van der Waals surface area (Å²) in [5.74, 6) is -0.186. The number of likely N-dealkylation sites (N-methyl/N-ethyl adjacent to an activating group) is 1. The van der Waals surface area contributed by atoms with Crippen LogP contribution in [0.2, 0.25) is 0 Å². The third kappa shape index (κ3) is 59.3. The number of hydrogen-bond acceptors (Lipinski definition) is 5. The molecule has 0 saturated heterocycles. The zero-order chi connectivity index (χ0) is 55.6. The summed E-state index contributed by atoms with van der Waals surface area (Å²) in [5.41, 5.74) is 0. The minimum Gasteiger partial charge on any atom is -0.387 e. The molecule has 0 aromatic carbocycles. The average molecular weight is 1080 g/mol. The van der Waals surface area contributed by atoms with Crippen LogP contribution in [0, 0.1) is 0 Å². The number of unbranched alkanes of at least 4 members (excludes halogenated alkanes) is 33. The average Bonchev–Trinajstić information content (AvgIpc) is 3.38. The van der Waals surface area contributed by atoms with Gasteiger partial charge in [0.15, 0.2) is 0 Å². The summed E-state index contributed by atoms with van der Waals surface area (Å²) in [6, 6.07) is -0.858. The Balaban J connectivity index is 4.19. The Morgan fingerprint density at radius 2 is 0.789 bits per heavy atom. The topological polar surface area (TPSA) is 105 Å². The molecule has 0 rings (SSSR count). The van der Waals surface area contributed by atoms with Crippen molar-refractivity contribution in [2.75, 3.05) is 40.9 Å². The van der Waals surface area contributed by atoms with Gasteiger partial charge in [-0.3, -0.25) is 13.8 Å². The molecule has 0 fully saturated rings. The van der Waals surface area contributed by atoms with E-state index in [0.717, 1.165) is 83.5 Å². The third-order valence-electron chi connectivity index (χ3n) is 14.1. The zero-order valence-corrected chi connectivity index (χ0v) is 51.4. The molecule has 0 saturated carbocycles. The Hall–Kier alpha value is -2.32. The molecule has 76 heavy (non-hydrogen) atoms. The summed E-state index contributed by atoms with van der Waals surface area (Å²) in [6.45, 7) is 4.72. The predicted octanol–water partition coefficient (Wildman–Crippen LogP) is 20.0. The van der Waals surface area contributed by atoms with Crippen LogP contribution in [0.15, 0.2) is 85.1 Å².